The number of hydrogen-bond acceptors (Lipinski definition) is 2. The van der Waals surface area contributed by atoms with Gasteiger partial charge in [-0.15, -0.1) is 0 Å². The molecule has 0 unspecified atom stereocenters. The van der Waals surface area contributed by atoms with Crippen LogP contribution in [0.2, 0.25) is 5.02 Å². The molecule has 3 heteroatoms. The Morgan fingerprint density at radius 3 is 2.17 bits per heavy atom. The number of fused-ring (bicyclic) bond motifs is 3. The van der Waals surface area contributed by atoms with Crippen molar-refractivity contribution in [3.8, 4) is 0 Å². The summed E-state index contributed by atoms with van der Waals surface area (Å²) in [4.78, 5) is 17.4. The molecule has 24 heavy (non-hydrogen) atoms. The molecular weight excluding hydrogens is 318 g/mol. The fourth-order valence-electron chi connectivity index (χ4n) is 3.00. The third-order valence-electron chi connectivity index (χ3n) is 4.18. The normalized spacial score (nSPS) is 11.0. The molecule has 0 saturated carbocycles. The van der Waals surface area contributed by atoms with Crippen molar-refractivity contribution in [2.45, 2.75) is 6.42 Å². The molecule has 0 aliphatic rings. The molecule has 0 N–H and O–H groups in total. The number of halogens is 1. The van der Waals surface area contributed by atoms with Crippen molar-refractivity contribution in [2.24, 2.45) is 0 Å². The zero-order chi connectivity index (χ0) is 16.5. The number of ketones is 1. The number of para-hydroxylation sites is 1. The highest BCUT2D eigenvalue weighted by Crippen LogP contribution is 2.27. The Kier molecular flexibility index (Phi) is 3.75. The molecule has 1 aromatic heterocycles. The van der Waals surface area contributed by atoms with Crippen LogP contribution in [0.4, 0.5) is 0 Å². The predicted octanol–water partition coefficient (Wildman–Crippen LogP) is 5.47. The van der Waals surface area contributed by atoms with Crippen molar-refractivity contribution in [1.29, 1.82) is 0 Å². The maximum atomic E-state index is 12.6. The van der Waals surface area contributed by atoms with E-state index in [0.29, 0.717) is 10.6 Å². The number of hydrogen-bond donors (Lipinski definition) is 0. The number of Topliss-reactive ketones (excluding diaryl/α,β-unsaturated/α-hetero) is 1. The van der Waals surface area contributed by atoms with Crippen molar-refractivity contribution < 1.29 is 4.79 Å². The van der Waals surface area contributed by atoms with E-state index in [1.54, 1.807) is 24.3 Å². The van der Waals surface area contributed by atoms with Crippen LogP contribution in [0.3, 0.4) is 0 Å². The first-order chi connectivity index (χ1) is 11.7. The monoisotopic (exact) mass is 331 g/mol. The summed E-state index contributed by atoms with van der Waals surface area (Å²) in [5.74, 6) is 0.0413. The van der Waals surface area contributed by atoms with Crippen LogP contribution in [-0.4, -0.2) is 10.8 Å². The van der Waals surface area contributed by atoms with Crippen LogP contribution in [0, 0.1) is 0 Å². The summed E-state index contributed by atoms with van der Waals surface area (Å²) in [6, 6.07) is 23.1. The maximum Gasteiger partial charge on any atom is 0.168 e. The average molecular weight is 332 g/mol. The highest BCUT2D eigenvalue weighted by atomic mass is 35.5. The highest BCUT2D eigenvalue weighted by Gasteiger charge is 2.13. The van der Waals surface area contributed by atoms with Gasteiger partial charge in [-0.1, -0.05) is 54.1 Å². The van der Waals surface area contributed by atoms with Crippen LogP contribution in [0.5, 0.6) is 0 Å². The summed E-state index contributed by atoms with van der Waals surface area (Å²) in [7, 11) is 0. The Balaban J connectivity index is 1.83. The fraction of sp³-hybridized carbons (Fsp3) is 0.0476. The molecule has 3 aromatic carbocycles. The van der Waals surface area contributed by atoms with Crippen LogP contribution in [0.25, 0.3) is 21.7 Å². The lowest BCUT2D eigenvalue weighted by molar-refractivity contribution is 0.0992. The number of carbonyl (C=O) groups is 1. The Hall–Kier alpha value is -2.71. The van der Waals surface area contributed by atoms with Crippen LogP contribution >= 0.6 is 11.6 Å². The lowest BCUT2D eigenvalue weighted by Gasteiger charge is -2.09. The van der Waals surface area contributed by atoms with Crippen LogP contribution in [-0.2, 0) is 6.42 Å². The number of rotatable bonds is 3. The van der Waals surface area contributed by atoms with Gasteiger partial charge in [-0.05, 0) is 35.7 Å². The average Bonchev–Trinajstić information content (AvgIpc) is 2.62. The number of carbonyl (C=O) groups excluding carboxylic acids is 1. The van der Waals surface area contributed by atoms with Gasteiger partial charge in [-0.2, -0.15) is 0 Å². The topological polar surface area (TPSA) is 30.0 Å². The molecule has 4 rings (SSSR count). The number of pyridine rings is 1. The van der Waals surface area contributed by atoms with Crippen molar-refractivity contribution in [3.63, 3.8) is 0 Å². The third kappa shape index (κ3) is 2.66. The Bertz CT molecular complexity index is 1050. The minimum atomic E-state index is 0.0413. The van der Waals surface area contributed by atoms with Gasteiger partial charge in [0.2, 0.25) is 0 Å². The first kappa shape index (κ1) is 14.9. The molecule has 0 bridgehead atoms. The van der Waals surface area contributed by atoms with E-state index in [1.807, 2.05) is 36.4 Å². The standard InChI is InChI=1S/C21H14ClNO/c22-15-11-9-14(10-12-15)21(24)13-20-18-7-2-1-5-16(18)17-6-3-4-8-19(17)23-20/h1-12H,13H2. The van der Waals surface area contributed by atoms with E-state index < -0.39 is 0 Å². The fourth-order valence-corrected chi connectivity index (χ4v) is 3.12. The van der Waals surface area contributed by atoms with Crippen LogP contribution in [0.1, 0.15) is 16.1 Å². The molecule has 2 nitrogen and oxygen atoms in total. The molecule has 0 aliphatic carbocycles. The summed E-state index contributed by atoms with van der Waals surface area (Å²) in [6.07, 6.45) is 0.271. The van der Waals surface area contributed by atoms with Crippen molar-refractivity contribution >= 4 is 39.1 Å². The van der Waals surface area contributed by atoms with E-state index in [4.69, 9.17) is 16.6 Å². The third-order valence-corrected chi connectivity index (χ3v) is 4.43. The second kappa shape index (κ2) is 6.06. The molecule has 0 amide bonds. The van der Waals surface area contributed by atoms with Gasteiger partial charge in [0.1, 0.15) is 0 Å². The Morgan fingerprint density at radius 2 is 1.42 bits per heavy atom. The van der Waals surface area contributed by atoms with Gasteiger partial charge in [0.15, 0.2) is 5.78 Å². The second-order valence-electron chi connectivity index (χ2n) is 5.73. The summed E-state index contributed by atoms with van der Waals surface area (Å²) in [5.41, 5.74) is 2.37. The van der Waals surface area contributed by atoms with E-state index in [1.165, 1.54) is 0 Å². The quantitative estimate of drug-likeness (QED) is 0.368. The molecule has 116 valence electrons. The van der Waals surface area contributed by atoms with Gasteiger partial charge in [-0.3, -0.25) is 9.78 Å². The number of benzene rings is 3. The molecule has 0 fully saturated rings. The predicted molar refractivity (Wildman–Crippen MR) is 98.7 cm³/mol. The number of aromatic nitrogens is 1. The van der Waals surface area contributed by atoms with E-state index in [9.17, 15) is 4.79 Å². The molecule has 0 atom stereocenters. The lowest BCUT2D eigenvalue weighted by Crippen LogP contribution is -2.06. The summed E-state index contributed by atoms with van der Waals surface area (Å²) in [5, 5.41) is 3.89. The van der Waals surface area contributed by atoms with Crippen molar-refractivity contribution in [1.82, 2.24) is 4.98 Å². The first-order valence-electron chi connectivity index (χ1n) is 7.77. The maximum absolute atomic E-state index is 12.6. The molecule has 0 spiro atoms. The largest absolute Gasteiger partial charge is 0.294 e. The zero-order valence-electron chi connectivity index (χ0n) is 12.9. The SMILES string of the molecule is O=C(Cc1nc2ccccc2c2ccccc12)c1ccc(Cl)cc1. The van der Waals surface area contributed by atoms with Gasteiger partial charge in [0, 0.05) is 21.4 Å². The molecule has 1 heterocycles. The van der Waals surface area contributed by atoms with E-state index >= 15 is 0 Å². The summed E-state index contributed by atoms with van der Waals surface area (Å²) in [6.45, 7) is 0. The van der Waals surface area contributed by atoms with Gasteiger partial charge in [-0.25, -0.2) is 0 Å². The van der Waals surface area contributed by atoms with Crippen LogP contribution < -0.4 is 0 Å². The van der Waals surface area contributed by atoms with Gasteiger partial charge >= 0.3 is 0 Å². The zero-order valence-corrected chi connectivity index (χ0v) is 13.6. The Labute approximate surface area is 144 Å². The van der Waals surface area contributed by atoms with Gasteiger partial charge in [0.05, 0.1) is 17.6 Å². The second-order valence-corrected chi connectivity index (χ2v) is 6.16. The van der Waals surface area contributed by atoms with Crippen molar-refractivity contribution in [3.05, 3.63) is 89.1 Å². The first-order valence-corrected chi connectivity index (χ1v) is 8.15. The summed E-state index contributed by atoms with van der Waals surface area (Å²) < 4.78 is 0. The smallest absolute Gasteiger partial charge is 0.168 e. The van der Waals surface area contributed by atoms with Crippen LogP contribution in [0.15, 0.2) is 72.8 Å². The van der Waals surface area contributed by atoms with Crippen molar-refractivity contribution in [2.75, 3.05) is 0 Å². The molecular formula is C21H14ClNO. The van der Waals surface area contributed by atoms with Gasteiger partial charge in [0.25, 0.3) is 0 Å². The minimum Gasteiger partial charge on any atom is -0.294 e. The molecule has 0 radical (unpaired) electrons. The molecule has 0 saturated heterocycles. The Morgan fingerprint density at radius 1 is 0.792 bits per heavy atom. The highest BCUT2D eigenvalue weighted by molar-refractivity contribution is 6.30. The lowest BCUT2D eigenvalue weighted by atomic mass is 9.99. The van der Waals surface area contributed by atoms with Gasteiger partial charge < -0.3 is 0 Å². The molecule has 4 aromatic rings. The number of nitrogens with zero attached hydrogens (tertiary/aromatic N) is 1. The van der Waals surface area contributed by atoms with E-state index in [2.05, 4.69) is 12.1 Å². The summed E-state index contributed by atoms with van der Waals surface area (Å²) >= 11 is 5.90. The minimum absolute atomic E-state index is 0.0413. The van der Waals surface area contributed by atoms with E-state index in [-0.39, 0.29) is 12.2 Å². The molecule has 0 aliphatic heterocycles. The van der Waals surface area contributed by atoms with E-state index in [0.717, 1.165) is 27.4 Å².